The van der Waals surface area contributed by atoms with E-state index in [2.05, 4.69) is 13.8 Å². The van der Waals surface area contributed by atoms with Gasteiger partial charge in [-0.15, -0.1) is 0 Å². The number of unbranched alkanes of at least 4 members (excludes halogenated alkanes) is 22. The second-order valence-electron chi connectivity index (χ2n) is 12.8. The van der Waals surface area contributed by atoms with Gasteiger partial charge in [0.1, 0.15) is 18.5 Å². The molecule has 0 aliphatic heterocycles. The average molecular weight is 650 g/mol. The molecule has 8 nitrogen and oxygen atoms in total. The van der Waals surface area contributed by atoms with Crippen molar-refractivity contribution in [3.63, 3.8) is 0 Å². The van der Waals surface area contributed by atoms with Crippen LogP contribution in [0.25, 0.3) is 0 Å². The standard InChI is InChI=1S/C38H67NO7/c1-3-5-7-9-11-13-15-17-19-21-23-25-31-43-33-37(34-45-38(40)46-36-29-27-35(28-30-36)39(41)42)44-32-26-24-22-20-18-16-14-12-10-8-6-4-2/h27-30,37H,3-26,31-34H2,1-2H3/t37-/m1/s1. The maximum atomic E-state index is 12.3. The number of hydrogen-bond acceptors (Lipinski definition) is 7. The molecule has 0 unspecified atom stereocenters. The second-order valence-corrected chi connectivity index (χ2v) is 12.8. The van der Waals surface area contributed by atoms with E-state index in [-0.39, 0.29) is 24.1 Å². The molecular formula is C38H67NO7. The first-order chi connectivity index (χ1) is 22.6. The topological polar surface area (TPSA) is 97.1 Å². The lowest BCUT2D eigenvalue weighted by atomic mass is 10.1. The number of nitro groups is 1. The first-order valence-electron chi connectivity index (χ1n) is 18.8. The molecule has 266 valence electrons. The molecule has 1 rings (SSSR count). The number of non-ortho nitro benzene ring substituents is 1. The Labute approximate surface area is 280 Å². The quantitative estimate of drug-likeness (QED) is 0.0246. The van der Waals surface area contributed by atoms with Crippen LogP contribution in [0.15, 0.2) is 24.3 Å². The fourth-order valence-corrected chi connectivity index (χ4v) is 5.52. The molecule has 0 saturated heterocycles. The third kappa shape index (κ3) is 25.9. The predicted octanol–water partition coefficient (Wildman–Crippen LogP) is 11.9. The van der Waals surface area contributed by atoms with Crippen LogP contribution in [-0.2, 0) is 14.2 Å². The van der Waals surface area contributed by atoms with E-state index in [1.807, 2.05) is 0 Å². The maximum Gasteiger partial charge on any atom is 0.513 e. The van der Waals surface area contributed by atoms with Crippen LogP contribution in [0.4, 0.5) is 10.5 Å². The van der Waals surface area contributed by atoms with Gasteiger partial charge in [0, 0.05) is 25.3 Å². The van der Waals surface area contributed by atoms with Crippen molar-refractivity contribution in [1.29, 1.82) is 0 Å². The highest BCUT2D eigenvalue weighted by atomic mass is 16.7. The van der Waals surface area contributed by atoms with Gasteiger partial charge in [-0.3, -0.25) is 10.1 Å². The smallest absolute Gasteiger partial charge is 0.431 e. The Kier molecular flexibility index (Phi) is 28.6. The Morgan fingerprint density at radius 3 is 1.46 bits per heavy atom. The highest BCUT2D eigenvalue weighted by molar-refractivity contribution is 5.64. The molecule has 0 bridgehead atoms. The molecule has 8 heteroatoms. The van der Waals surface area contributed by atoms with Crippen LogP contribution in [0.3, 0.4) is 0 Å². The van der Waals surface area contributed by atoms with Crippen LogP contribution in [0.1, 0.15) is 168 Å². The van der Waals surface area contributed by atoms with E-state index < -0.39 is 11.1 Å². The van der Waals surface area contributed by atoms with Gasteiger partial charge in [-0.1, -0.05) is 155 Å². The third-order valence-corrected chi connectivity index (χ3v) is 8.43. The molecule has 0 amide bonds. The van der Waals surface area contributed by atoms with Crippen molar-refractivity contribution in [1.82, 2.24) is 0 Å². The molecule has 46 heavy (non-hydrogen) atoms. The number of ether oxygens (including phenoxy) is 4. The van der Waals surface area contributed by atoms with E-state index in [0.717, 1.165) is 19.3 Å². The molecule has 0 spiro atoms. The van der Waals surface area contributed by atoms with Crippen LogP contribution < -0.4 is 4.74 Å². The minimum Gasteiger partial charge on any atom is -0.431 e. The third-order valence-electron chi connectivity index (χ3n) is 8.43. The number of nitrogens with zero attached hydrogens (tertiary/aromatic N) is 1. The van der Waals surface area contributed by atoms with Gasteiger partial charge in [-0.25, -0.2) is 4.79 Å². The van der Waals surface area contributed by atoms with Gasteiger partial charge >= 0.3 is 6.16 Å². The highest BCUT2D eigenvalue weighted by Crippen LogP contribution is 2.18. The fraction of sp³-hybridized carbons (Fsp3) is 0.816. The molecule has 0 radical (unpaired) electrons. The predicted molar refractivity (Wildman–Crippen MR) is 188 cm³/mol. The van der Waals surface area contributed by atoms with Gasteiger partial charge < -0.3 is 18.9 Å². The zero-order chi connectivity index (χ0) is 33.3. The van der Waals surface area contributed by atoms with Crippen LogP contribution in [-0.4, -0.2) is 43.6 Å². The zero-order valence-corrected chi connectivity index (χ0v) is 29.5. The summed E-state index contributed by atoms with van der Waals surface area (Å²) in [6.07, 6.45) is 29.8. The fourth-order valence-electron chi connectivity index (χ4n) is 5.52. The second kappa shape index (κ2) is 31.4. The number of carbonyl (C=O) groups excluding carboxylic acids is 1. The first-order valence-corrected chi connectivity index (χ1v) is 18.8. The summed E-state index contributed by atoms with van der Waals surface area (Å²) in [6, 6.07) is 5.32. The summed E-state index contributed by atoms with van der Waals surface area (Å²) >= 11 is 0. The SMILES string of the molecule is CCCCCCCCCCCCCCOC[C@H](COC(=O)Oc1ccc([N+](=O)[O-])cc1)OCCCCCCCCCCCCCC. The Balaban J connectivity index is 2.24. The lowest BCUT2D eigenvalue weighted by Crippen LogP contribution is -2.28. The van der Waals surface area contributed by atoms with Crippen molar-refractivity contribution in [2.24, 2.45) is 0 Å². The van der Waals surface area contributed by atoms with Crippen LogP contribution in [0.2, 0.25) is 0 Å². The average Bonchev–Trinajstić information content (AvgIpc) is 3.05. The summed E-state index contributed by atoms with van der Waals surface area (Å²) in [5.74, 6) is 0.188. The van der Waals surface area contributed by atoms with Gasteiger partial charge in [0.05, 0.1) is 11.5 Å². The summed E-state index contributed by atoms with van der Waals surface area (Å²) in [5.41, 5.74) is -0.0719. The number of hydrogen-bond donors (Lipinski definition) is 0. The number of carbonyl (C=O) groups is 1. The van der Waals surface area contributed by atoms with Gasteiger partial charge in [0.15, 0.2) is 0 Å². The largest absolute Gasteiger partial charge is 0.513 e. The lowest BCUT2D eigenvalue weighted by molar-refractivity contribution is -0.384. The van der Waals surface area contributed by atoms with Crippen molar-refractivity contribution >= 4 is 11.8 Å². The highest BCUT2D eigenvalue weighted by Gasteiger charge is 2.15. The van der Waals surface area contributed by atoms with Gasteiger partial charge in [-0.05, 0) is 25.0 Å². The monoisotopic (exact) mass is 649 g/mol. The molecule has 0 heterocycles. The van der Waals surface area contributed by atoms with E-state index in [4.69, 9.17) is 18.9 Å². The molecule has 0 fully saturated rings. The minimum atomic E-state index is -0.867. The van der Waals surface area contributed by atoms with E-state index in [1.54, 1.807) is 0 Å². The van der Waals surface area contributed by atoms with Crippen molar-refractivity contribution in [3.8, 4) is 5.75 Å². The molecular weight excluding hydrogens is 582 g/mol. The molecule has 1 atom stereocenters. The summed E-state index contributed by atoms with van der Waals surface area (Å²) in [7, 11) is 0. The van der Waals surface area contributed by atoms with E-state index in [9.17, 15) is 14.9 Å². The lowest BCUT2D eigenvalue weighted by Gasteiger charge is -2.18. The summed E-state index contributed by atoms with van der Waals surface area (Å²) in [4.78, 5) is 22.6. The Hall–Kier alpha value is -2.19. The number of benzene rings is 1. The Bertz CT molecular complexity index is 833. The van der Waals surface area contributed by atoms with Crippen LogP contribution in [0.5, 0.6) is 5.75 Å². The Morgan fingerprint density at radius 2 is 1.02 bits per heavy atom. The normalized spacial score (nSPS) is 11.9. The first kappa shape index (κ1) is 41.8. The summed E-state index contributed by atoms with van der Waals surface area (Å²) in [5, 5.41) is 10.8. The van der Waals surface area contributed by atoms with Gasteiger partial charge in [0.2, 0.25) is 0 Å². The molecule has 0 saturated carbocycles. The van der Waals surface area contributed by atoms with Crippen molar-refractivity contribution in [2.75, 3.05) is 26.4 Å². The minimum absolute atomic E-state index is 0.0303. The summed E-state index contributed by atoms with van der Waals surface area (Å²) < 4.78 is 22.5. The van der Waals surface area contributed by atoms with Crippen molar-refractivity contribution in [3.05, 3.63) is 34.4 Å². The van der Waals surface area contributed by atoms with Crippen LogP contribution >= 0.6 is 0 Å². The van der Waals surface area contributed by atoms with E-state index in [1.165, 1.54) is 159 Å². The Morgan fingerprint density at radius 1 is 0.609 bits per heavy atom. The molecule has 0 N–H and O–H groups in total. The van der Waals surface area contributed by atoms with Crippen LogP contribution in [0, 0.1) is 10.1 Å². The number of nitro benzene ring substituents is 1. The van der Waals surface area contributed by atoms with Gasteiger partial charge in [0.25, 0.3) is 5.69 Å². The maximum absolute atomic E-state index is 12.3. The molecule has 0 aliphatic rings. The van der Waals surface area contributed by atoms with Crippen molar-refractivity contribution in [2.45, 2.75) is 174 Å². The zero-order valence-electron chi connectivity index (χ0n) is 29.5. The van der Waals surface area contributed by atoms with E-state index in [0.29, 0.717) is 19.8 Å². The molecule has 1 aromatic rings. The van der Waals surface area contributed by atoms with E-state index >= 15 is 0 Å². The molecule has 0 aromatic heterocycles. The molecule has 1 aromatic carbocycles. The van der Waals surface area contributed by atoms with Crippen molar-refractivity contribution < 1.29 is 28.7 Å². The summed E-state index contributed by atoms with van der Waals surface area (Å²) in [6.45, 7) is 6.19. The van der Waals surface area contributed by atoms with Gasteiger partial charge in [-0.2, -0.15) is 0 Å². The number of rotatable bonds is 33. The molecule has 0 aliphatic carbocycles.